The number of carbonyl (C=O) groups is 1. The summed E-state index contributed by atoms with van der Waals surface area (Å²) in [7, 11) is 3.11. The lowest BCUT2D eigenvalue weighted by Crippen LogP contribution is -2.35. The van der Waals surface area contributed by atoms with E-state index in [0.29, 0.717) is 44.6 Å². The molecule has 0 fully saturated rings. The lowest BCUT2D eigenvalue weighted by molar-refractivity contribution is -0.119. The number of hydrogen-bond donors (Lipinski definition) is 2. The van der Waals surface area contributed by atoms with Crippen LogP contribution in [-0.4, -0.2) is 30.2 Å². The molecule has 36 heavy (non-hydrogen) atoms. The first kappa shape index (κ1) is 25.2. The number of nitrogens with one attached hydrogen (secondary N) is 2. The van der Waals surface area contributed by atoms with Crippen molar-refractivity contribution in [2.24, 2.45) is 0 Å². The van der Waals surface area contributed by atoms with E-state index in [9.17, 15) is 9.18 Å². The zero-order valence-electron chi connectivity index (χ0n) is 19.3. The Kier molecular flexibility index (Phi) is 7.82. The van der Waals surface area contributed by atoms with Gasteiger partial charge in [-0.15, -0.1) is 0 Å². The van der Waals surface area contributed by atoms with E-state index >= 15 is 0 Å². The van der Waals surface area contributed by atoms with Gasteiger partial charge in [0.2, 0.25) is 5.91 Å². The molecule has 1 aromatic heterocycles. The lowest BCUT2D eigenvalue weighted by Gasteiger charge is -2.14. The van der Waals surface area contributed by atoms with Crippen LogP contribution >= 0.6 is 23.8 Å². The molecule has 184 valence electrons. The second-order valence-electron chi connectivity index (χ2n) is 7.55. The van der Waals surface area contributed by atoms with Crippen molar-refractivity contribution in [2.45, 2.75) is 6.42 Å². The number of benzene rings is 3. The normalized spacial score (nSPS) is 10.6. The van der Waals surface area contributed by atoms with E-state index in [-0.39, 0.29) is 17.1 Å². The van der Waals surface area contributed by atoms with E-state index in [2.05, 4.69) is 15.6 Å². The van der Waals surface area contributed by atoms with Crippen LogP contribution in [0.1, 0.15) is 5.56 Å². The summed E-state index contributed by atoms with van der Waals surface area (Å²) in [6, 6.07) is 16.3. The molecule has 0 unspecified atom stereocenters. The van der Waals surface area contributed by atoms with E-state index in [4.69, 9.17) is 38.0 Å². The predicted octanol–water partition coefficient (Wildman–Crippen LogP) is 5.89. The highest BCUT2D eigenvalue weighted by molar-refractivity contribution is 7.80. The van der Waals surface area contributed by atoms with E-state index in [0.717, 1.165) is 0 Å². The average molecular weight is 526 g/mol. The number of thiocarbonyl (C=S) groups is 1. The number of anilines is 1. The summed E-state index contributed by atoms with van der Waals surface area (Å²) >= 11 is 11.7. The summed E-state index contributed by atoms with van der Waals surface area (Å²) in [6.45, 7) is 0. The first-order valence-electron chi connectivity index (χ1n) is 10.7. The van der Waals surface area contributed by atoms with Gasteiger partial charge in [0, 0.05) is 23.3 Å². The van der Waals surface area contributed by atoms with Gasteiger partial charge >= 0.3 is 0 Å². The third kappa shape index (κ3) is 5.81. The zero-order valence-corrected chi connectivity index (χ0v) is 20.9. The molecule has 4 aromatic rings. The monoisotopic (exact) mass is 525 g/mol. The largest absolute Gasteiger partial charge is 0.493 e. The molecular weight excluding hydrogens is 505 g/mol. The van der Waals surface area contributed by atoms with Crippen LogP contribution in [0.2, 0.25) is 5.02 Å². The fraction of sp³-hybridized carbons (Fsp3) is 0.115. The number of fused-ring (bicyclic) bond motifs is 1. The van der Waals surface area contributed by atoms with Gasteiger partial charge in [0.25, 0.3) is 0 Å². The quantitative estimate of drug-likeness (QED) is 0.291. The molecule has 1 amide bonds. The summed E-state index contributed by atoms with van der Waals surface area (Å²) in [4.78, 5) is 16.6. The Morgan fingerprint density at radius 1 is 1.00 bits per heavy atom. The summed E-state index contributed by atoms with van der Waals surface area (Å²) in [6.07, 6.45) is 1.48. The maximum absolute atomic E-state index is 13.8. The molecule has 0 bridgehead atoms. The number of pyridine rings is 1. The molecule has 0 aliphatic rings. The molecule has 1 heterocycles. The van der Waals surface area contributed by atoms with Crippen LogP contribution in [0, 0.1) is 5.82 Å². The summed E-state index contributed by atoms with van der Waals surface area (Å²) in [5.41, 5.74) is 1.48. The molecule has 4 rings (SSSR count). The van der Waals surface area contributed by atoms with Gasteiger partial charge in [0.1, 0.15) is 17.3 Å². The molecule has 10 heteroatoms. The highest BCUT2D eigenvalue weighted by Crippen LogP contribution is 2.38. The summed E-state index contributed by atoms with van der Waals surface area (Å²) in [5, 5.41) is 6.50. The molecule has 0 atom stereocenters. The van der Waals surface area contributed by atoms with Gasteiger partial charge in [-0.2, -0.15) is 0 Å². The fourth-order valence-corrected chi connectivity index (χ4v) is 3.91. The van der Waals surface area contributed by atoms with Crippen molar-refractivity contribution in [3.05, 3.63) is 83.3 Å². The third-order valence-corrected chi connectivity index (χ3v) is 5.68. The van der Waals surface area contributed by atoms with Crippen LogP contribution < -0.4 is 24.8 Å². The molecule has 0 spiro atoms. The van der Waals surface area contributed by atoms with Crippen molar-refractivity contribution in [2.75, 3.05) is 19.5 Å². The fourth-order valence-electron chi connectivity index (χ4n) is 3.46. The molecule has 0 aliphatic carbocycles. The van der Waals surface area contributed by atoms with Crippen molar-refractivity contribution >= 4 is 51.4 Å². The summed E-state index contributed by atoms with van der Waals surface area (Å²) < 4.78 is 30.6. The number of amides is 1. The Hall–Kier alpha value is -3.95. The first-order chi connectivity index (χ1) is 17.4. The van der Waals surface area contributed by atoms with E-state index < -0.39 is 11.7 Å². The number of rotatable bonds is 7. The van der Waals surface area contributed by atoms with E-state index in [1.54, 1.807) is 75.0 Å². The SMILES string of the molecule is COc1cc2nccc(Oc3ccc(NC(=S)NC(=O)Cc4ccccc4F)cc3Cl)c2cc1OC. The maximum Gasteiger partial charge on any atom is 0.230 e. The maximum atomic E-state index is 13.8. The molecule has 3 aromatic carbocycles. The van der Waals surface area contributed by atoms with Crippen LogP contribution in [-0.2, 0) is 11.2 Å². The molecule has 0 saturated carbocycles. The Morgan fingerprint density at radius 2 is 1.75 bits per heavy atom. The van der Waals surface area contributed by atoms with Gasteiger partial charge < -0.3 is 24.8 Å². The standard InChI is InChI=1S/C26H21ClFN3O4S/c1-33-23-13-17-20(14-24(23)34-2)29-10-9-21(17)35-22-8-7-16(12-18(22)27)30-26(36)31-25(32)11-15-5-3-4-6-19(15)28/h3-10,12-14H,11H2,1-2H3,(H2,30,31,32,36). The topological polar surface area (TPSA) is 81.7 Å². The second kappa shape index (κ2) is 11.2. The average Bonchev–Trinajstić information content (AvgIpc) is 2.86. The van der Waals surface area contributed by atoms with E-state index in [1.165, 1.54) is 6.07 Å². The van der Waals surface area contributed by atoms with Gasteiger partial charge in [-0.25, -0.2) is 4.39 Å². The van der Waals surface area contributed by atoms with Gasteiger partial charge in [-0.05, 0) is 54.2 Å². The highest BCUT2D eigenvalue weighted by atomic mass is 35.5. The van der Waals surface area contributed by atoms with Gasteiger partial charge in [0.15, 0.2) is 16.6 Å². The van der Waals surface area contributed by atoms with Crippen molar-refractivity contribution in [3.8, 4) is 23.0 Å². The van der Waals surface area contributed by atoms with Crippen molar-refractivity contribution in [3.63, 3.8) is 0 Å². The van der Waals surface area contributed by atoms with Crippen molar-refractivity contribution in [1.29, 1.82) is 0 Å². The summed E-state index contributed by atoms with van der Waals surface area (Å²) in [5.74, 6) is 1.13. The Morgan fingerprint density at radius 3 is 2.47 bits per heavy atom. The Balaban J connectivity index is 1.45. The number of nitrogens with zero attached hydrogens (tertiary/aromatic N) is 1. The number of ether oxygens (including phenoxy) is 3. The van der Waals surface area contributed by atoms with E-state index in [1.807, 2.05) is 0 Å². The smallest absolute Gasteiger partial charge is 0.230 e. The number of halogens is 2. The third-order valence-electron chi connectivity index (χ3n) is 5.18. The molecule has 0 aliphatic heterocycles. The minimum absolute atomic E-state index is 0.0576. The van der Waals surface area contributed by atoms with Crippen LogP contribution in [0.3, 0.4) is 0 Å². The Labute approximate surface area is 217 Å². The first-order valence-corrected chi connectivity index (χ1v) is 11.5. The minimum Gasteiger partial charge on any atom is -0.493 e. The molecule has 7 nitrogen and oxygen atoms in total. The molecule has 0 saturated heterocycles. The number of hydrogen-bond acceptors (Lipinski definition) is 6. The molecule has 0 radical (unpaired) electrons. The van der Waals surface area contributed by atoms with Crippen LogP contribution in [0.25, 0.3) is 10.9 Å². The lowest BCUT2D eigenvalue weighted by atomic mass is 10.1. The van der Waals surface area contributed by atoms with Crippen molar-refractivity contribution in [1.82, 2.24) is 10.3 Å². The highest BCUT2D eigenvalue weighted by Gasteiger charge is 2.14. The minimum atomic E-state index is -0.451. The predicted molar refractivity (Wildman–Crippen MR) is 141 cm³/mol. The zero-order chi connectivity index (χ0) is 25.7. The molecule has 2 N–H and O–H groups in total. The van der Waals surface area contributed by atoms with Crippen LogP contribution in [0.4, 0.5) is 10.1 Å². The number of aromatic nitrogens is 1. The van der Waals surface area contributed by atoms with Gasteiger partial charge in [0.05, 0.1) is 31.2 Å². The van der Waals surface area contributed by atoms with Crippen molar-refractivity contribution < 1.29 is 23.4 Å². The molecular formula is C26H21ClFN3O4S. The number of methoxy groups -OCH3 is 2. The Bertz CT molecular complexity index is 1450. The second-order valence-corrected chi connectivity index (χ2v) is 8.37. The van der Waals surface area contributed by atoms with Gasteiger partial charge in [-0.1, -0.05) is 29.8 Å². The number of carbonyl (C=O) groups excluding carboxylic acids is 1. The van der Waals surface area contributed by atoms with Gasteiger partial charge in [-0.3, -0.25) is 9.78 Å². The van der Waals surface area contributed by atoms with Crippen LogP contribution in [0.5, 0.6) is 23.0 Å². The van der Waals surface area contributed by atoms with Crippen LogP contribution in [0.15, 0.2) is 66.9 Å².